The maximum Gasteiger partial charge on any atom is 0.404 e. The van der Waals surface area contributed by atoms with Gasteiger partial charge in [-0.05, 0) is 18.6 Å². The van der Waals surface area contributed by atoms with Crippen molar-refractivity contribution in [1.82, 2.24) is 5.32 Å². The lowest BCUT2D eigenvalue weighted by molar-refractivity contribution is -0.386. The minimum Gasteiger partial charge on any atom is -0.487 e. The van der Waals surface area contributed by atoms with Crippen molar-refractivity contribution in [2.75, 3.05) is 13.2 Å². The van der Waals surface area contributed by atoms with Crippen LogP contribution in [0.3, 0.4) is 0 Å². The number of nitrogens with zero attached hydrogens (tertiary/aromatic N) is 1. The first-order chi connectivity index (χ1) is 8.50. The van der Waals surface area contributed by atoms with Crippen LogP contribution in [0.15, 0.2) is 18.2 Å². The molecule has 0 heterocycles. The summed E-state index contributed by atoms with van der Waals surface area (Å²) in [5.74, 6) is -0.765. The third-order valence-electron chi connectivity index (χ3n) is 1.97. The van der Waals surface area contributed by atoms with E-state index in [2.05, 4.69) is 5.32 Å². The molecule has 7 nitrogen and oxygen atoms in total. The lowest BCUT2D eigenvalue weighted by atomic mass is 10.3. The van der Waals surface area contributed by atoms with E-state index < -0.39 is 22.5 Å². The third-order valence-corrected chi connectivity index (χ3v) is 1.97. The molecule has 0 unspecified atom stereocenters. The predicted molar refractivity (Wildman–Crippen MR) is 59.2 cm³/mol. The topological polar surface area (TPSA) is 102 Å². The average molecular weight is 258 g/mol. The van der Waals surface area contributed by atoms with E-state index in [9.17, 15) is 19.3 Å². The van der Waals surface area contributed by atoms with Crippen LogP contribution in [-0.4, -0.2) is 29.3 Å². The van der Waals surface area contributed by atoms with E-state index in [1.165, 1.54) is 0 Å². The molecule has 0 fully saturated rings. The van der Waals surface area contributed by atoms with Gasteiger partial charge in [-0.3, -0.25) is 10.1 Å². The number of carboxylic acid groups (broad SMARTS) is 1. The second-order valence-electron chi connectivity index (χ2n) is 3.30. The summed E-state index contributed by atoms with van der Waals surface area (Å²) >= 11 is 0. The Morgan fingerprint density at radius 3 is 2.89 bits per heavy atom. The fraction of sp³-hybridized carbons (Fsp3) is 0.300. The van der Waals surface area contributed by atoms with Gasteiger partial charge >= 0.3 is 11.8 Å². The van der Waals surface area contributed by atoms with E-state index in [4.69, 9.17) is 9.84 Å². The number of carbonyl (C=O) groups is 1. The van der Waals surface area contributed by atoms with Gasteiger partial charge in [0.1, 0.15) is 5.82 Å². The quantitative estimate of drug-likeness (QED) is 0.460. The largest absolute Gasteiger partial charge is 0.487 e. The summed E-state index contributed by atoms with van der Waals surface area (Å²) in [5.41, 5.74) is -0.457. The van der Waals surface area contributed by atoms with Crippen molar-refractivity contribution in [1.29, 1.82) is 0 Å². The standard InChI is InChI=1S/C10H11FN2O5/c11-7-2-3-9(8(6-7)13(16)17)18-5-1-4-12-10(14)15/h2-3,6,12H,1,4-5H2,(H,14,15). The van der Waals surface area contributed by atoms with Crippen molar-refractivity contribution in [2.24, 2.45) is 0 Å². The molecule has 0 bridgehead atoms. The number of hydrogen-bond acceptors (Lipinski definition) is 4. The molecule has 18 heavy (non-hydrogen) atoms. The SMILES string of the molecule is O=C(O)NCCCOc1ccc(F)cc1[N+](=O)[O-]. The molecule has 0 aliphatic carbocycles. The molecule has 0 saturated carbocycles. The van der Waals surface area contributed by atoms with E-state index in [1.807, 2.05) is 0 Å². The zero-order chi connectivity index (χ0) is 13.5. The highest BCUT2D eigenvalue weighted by Crippen LogP contribution is 2.27. The Bertz CT molecular complexity index is 452. The smallest absolute Gasteiger partial charge is 0.404 e. The highest BCUT2D eigenvalue weighted by Gasteiger charge is 2.15. The molecule has 0 atom stereocenters. The maximum absolute atomic E-state index is 12.8. The molecule has 0 aromatic heterocycles. The van der Waals surface area contributed by atoms with Gasteiger partial charge in [0.15, 0.2) is 5.75 Å². The van der Waals surface area contributed by atoms with Gasteiger partial charge in [-0.25, -0.2) is 9.18 Å². The molecule has 0 aliphatic rings. The number of ether oxygens (including phenoxy) is 1. The highest BCUT2D eigenvalue weighted by atomic mass is 19.1. The zero-order valence-electron chi connectivity index (χ0n) is 9.26. The Balaban J connectivity index is 2.51. The molecule has 2 N–H and O–H groups in total. The fourth-order valence-corrected chi connectivity index (χ4v) is 1.20. The van der Waals surface area contributed by atoms with Gasteiger partial charge in [0, 0.05) is 6.54 Å². The van der Waals surface area contributed by atoms with Gasteiger partial charge in [0.05, 0.1) is 17.6 Å². The zero-order valence-corrected chi connectivity index (χ0v) is 9.26. The Kier molecular flexibility index (Phi) is 4.85. The van der Waals surface area contributed by atoms with Gasteiger partial charge in [0.25, 0.3) is 0 Å². The molecule has 98 valence electrons. The Hall–Kier alpha value is -2.38. The molecular weight excluding hydrogens is 247 g/mol. The summed E-state index contributed by atoms with van der Waals surface area (Å²) in [6.07, 6.45) is -0.802. The number of benzene rings is 1. The van der Waals surface area contributed by atoms with Crippen LogP contribution in [0.4, 0.5) is 14.9 Å². The van der Waals surface area contributed by atoms with Gasteiger partial charge in [-0.15, -0.1) is 0 Å². The normalized spacial score (nSPS) is 9.83. The van der Waals surface area contributed by atoms with Crippen molar-refractivity contribution >= 4 is 11.8 Å². The van der Waals surface area contributed by atoms with Gasteiger partial charge in [-0.1, -0.05) is 0 Å². The van der Waals surface area contributed by atoms with Crippen LogP contribution in [0.5, 0.6) is 5.75 Å². The maximum atomic E-state index is 12.8. The molecule has 0 aliphatic heterocycles. The van der Waals surface area contributed by atoms with Crippen molar-refractivity contribution in [3.8, 4) is 5.75 Å². The summed E-state index contributed by atoms with van der Waals surface area (Å²) in [5, 5.41) is 21.0. The van der Waals surface area contributed by atoms with E-state index in [-0.39, 0.29) is 18.9 Å². The lowest BCUT2D eigenvalue weighted by Gasteiger charge is -2.06. The van der Waals surface area contributed by atoms with E-state index in [1.54, 1.807) is 0 Å². The van der Waals surface area contributed by atoms with Crippen LogP contribution in [-0.2, 0) is 0 Å². The molecule has 0 spiro atoms. The first-order valence-corrected chi connectivity index (χ1v) is 5.04. The van der Waals surface area contributed by atoms with Crippen molar-refractivity contribution in [3.63, 3.8) is 0 Å². The summed E-state index contributed by atoms with van der Waals surface area (Å²) in [6.45, 7) is 0.261. The second kappa shape index (κ2) is 6.38. The van der Waals surface area contributed by atoms with Gasteiger partial charge < -0.3 is 15.2 Å². The summed E-state index contributed by atoms with van der Waals surface area (Å²) in [6, 6.07) is 2.99. The number of nitrogens with one attached hydrogen (secondary N) is 1. The number of hydrogen-bond donors (Lipinski definition) is 2. The molecule has 8 heteroatoms. The molecular formula is C10H11FN2O5. The summed E-state index contributed by atoms with van der Waals surface area (Å²) in [7, 11) is 0. The Morgan fingerprint density at radius 1 is 1.56 bits per heavy atom. The number of nitro benzene ring substituents is 1. The van der Waals surface area contributed by atoms with E-state index in [0.29, 0.717) is 6.42 Å². The molecule has 1 rings (SSSR count). The molecule has 1 aromatic rings. The van der Waals surface area contributed by atoms with E-state index >= 15 is 0 Å². The van der Waals surface area contributed by atoms with Gasteiger partial charge in [0.2, 0.25) is 0 Å². The summed E-state index contributed by atoms with van der Waals surface area (Å²) in [4.78, 5) is 20.0. The molecule has 0 radical (unpaired) electrons. The van der Waals surface area contributed by atoms with Crippen molar-refractivity contribution < 1.29 is 24.0 Å². The van der Waals surface area contributed by atoms with Crippen LogP contribution in [0.1, 0.15) is 6.42 Å². The van der Waals surface area contributed by atoms with Crippen molar-refractivity contribution in [2.45, 2.75) is 6.42 Å². The fourth-order valence-electron chi connectivity index (χ4n) is 1.20. The minimum atomic E-state index is -1.15. The number of nitro groups is 1. The monoisotopic (exact) mass is 258 g/mol. The van der Waals surface area contributed by atoms with Crippen LogP contribution in [0.25, 0.3) is 0 Å². The number of amides is 1. The summed E-state index contributed by atoms with van der Waals surface area (Å²) < 4.78 is 17.9. The van der Waals surface area contributed by atoms with E-state index in [0.717, 1.165) is 18.2 Å². The molecule has 1 aromatic carbocycles. The minimum absolute atomic E-state index is 0.0447. The molecule has 1 amide bonds. The molecule has 0 saturated heterocycles. The first kappa shape index (κ1) is 13.7. The Morgan fingerprint density at radius 2 is 2.28 bits per heavy atom. The average Bonchev–Trinajstić information content (AvgIpc) is 2.29. The van der Waals surface area contributed by atoms with Gasteiger partial charge in [-0.2, -0.15) is 0 Å². The lowest BCUT2D eigenvalue weighted by Crippen LogP contribution is -2.23. The van der Waals surface area contributed by atoms with Crippen molar-refractivity contribution in [3.05, 3.63) is 34.1 Å². The Labute approximate surface area is 101 Å². The third kappa shape index (κ3) is 4.24. The van der Waals surface area contributed by atoms with Crippen LogP contribution in [0, 0.1) is 15.9 Å². The first-order valence-electron chi connectivity index (χ1n) is 5.04. The predicted octanol–water partition coefficient (Wildman–Crippen LogP) is 1.77. The van der Waals surface area contributed by atoms with Crippen LogP contribution >= 0.6 is 0 Å². The second-order valence-corrected chi connectivity index (χ2v) is 3.30. The van der Waals surface area contributed by atoms with Crippen LogP contribution < -0.4 is 10.1 Å². The van der Waals surface area contributed by atoms with Crippen LogP contribution in [0.2, 0.25) is 0 Å². The highest BCUT2D eigenvalue weighted by molar-refractivity contribution is 5.64. The number of halogens is 1. The number of rotatable bonds is 6.